The van der Waals surface area contributed by atoms with Crippen LogP contribution in [0.5, 0.6) is 0 Å². The van der Waals surface area contributed by atoms with Crippen molar-refractivity contribution in [3.63, 3.8) is 0 Å². The van der Waals surface area contributed by atoms with Crippen LogP contribution in [-0.2, 0) is 14.4 Å². The number of aldehydes is 3. The van der Waals surface area contributed by atoms with Crippen LogP contribution >= 0.6 is 0 Å². The second-order valence-electron chi connectivity index (χ2n) is 3.69. The first-order valence-electron chi connectivity index (χ1n) is 5.03. The Labute approximate surface area is 89.0 Å². The number of carbonyl (C=O) groups is 3. The van der Waals surface area contributed by atoms with Gasteiger partial charge in [-0.3, -0.25) is 9.80 Å². The Morgan fingerprint density at radius 1 is 1.13 bits per heavy atom. The van der Waals surface area contributed by atoms with Crippen molar-refractivity contribution in [3.8, 4) is 0 Å². The molecule has 0 amide bonds. The number of hydrogen-bond acceptors (Lipinski definition) is 5. The quantitative estimate of drug-likeness (QED) is 0.577. The molecule has 15 heavy (non-hydrogen) atoms. The van der Waals surface area contributed by atoms with Crippen LogP contribution in [0.3, 0.4) is 0 Å². The van der Waals surface area contributed by atoms with Crippen LogP contribution in [-0.4, -0.2) is 60.5 Å². The second kappa shape index (κ2) is 5.14. The van der Waals surface area contributed by atoms with Crippen molar-refractivity contribution in [1.82, 2.24) is 9.80 Å². The fourth-order valence-corrected chi connectivity index (χ4v) is 2.06. The average Bonchev–Trinajstić information content (AvgIpc) is 2.28. The van der Waals surface area contributed by atoms with E-state index in [-0.39, 0.29) is 12.1 Å². The van der Waals surface area contributed by atoms with E-state index in [2.05, 4.69) is 0 Å². The fourth-order valence-electron chi connectivity index (χ4n) is 2.06. The molecule has 0 spiro atoms. The Morgan fingerprint density at radius 2 is 1.73 bits per heavy atom. The first-order chi connectivity index (χ1) is 7.19. The van der Waals surface area contributed by atoms with Gasteiger partial charge in [0, 0.05) is 0 Å². The van der Waals surface area contributed by atoms with Crippen molar-refractivity contribution in [3.05, 3.63) is 0 Å². The predicted molar refractivity (Wildman–Crippen MR) is 54.3 cm³/mol. The molecule has 1 rings (SSSR count). The van der Waals surface area contributed by atoms with Crippen molar-refractivity contribution in [2.24, 2.45) is 0 Å². The molecule has 1 aliphatic heterocycles. The van der Waals surface area contributed by atoms with Crippen molar-refractivity contribution >= 4 is 18.9 Å². The van der Waals surface area contributed by atoms with Gasteiger partial charge >= 0.3 is 0 Å². The lowest BCUT2D eigenvalue weighted by atomic mass is 10.0. The highest BCUT2D eigenvalue weighted by Gasteiger charge is 2.38. The number of nitrogens with zero attached hydrogens (tertiary/aromatic N) is 2. The summed E-state index contributed by atoms with van der Waals surface area (Å²) in [5.74, 6) is 0. The topological polar surface area (TPSA) is 57.7 Å². The van der Waals surface area contributed by atoms with Crippen LogP contribution in [0.1, 0.15) is 13.3 Å². The lowest BCUT2D eigenvalue weighted by Gasteiger charge is -2.45. The SMILES string of the molecule is CCN1C(C=O)CC(C=O)N(C)C1C=O. The zero-order valence-electron chi connectivity index (χ0n) is 9.00. The van der Waals surface area contributed by atoms with E-state index in [4.69, 9.17) is 0 Å². The summed E-state index contributed by atoms with van der Waals surface area (Å²) >= 11 is 0. The third-order valence-electron chi connectivity index (χ3n) is 2.99. The van der Waals surface area contributed by atoms with Crippen LogP contribution in [0.4, 0.5) is 0 Å². The molecule has 5 heteroatoms. The van der Waals surface area contributed by atoms with Gasteiger partial charge in [-0.25, -0.2) is 0 Å². The summed E-state index contributed by atoms with van der Waals surface area (Å²) in [6.45, 7) is 2.50. The third kappa shape index (κ3) is 2.13. The highest BCUT2D eigenvalue weighted by atomic mass is 16.1. The van der Waals surface area contributed by atoms with Gasteiger partial charge in [-0.2, -0.15) is 0 Å². The molecule has 0 radical (unpaired) electrons. The molecule has 0 aromatic carbocycles. The molecule has 3 atom stereocenters. The Balaban J connectivity index is 2.92. The molecule has 5 nitrogen and oxygen atoms in total. The van der Waals surface area contributed by atoms with Gasteiger partial charge in [0.05, 0.1) is 12.1 Å². The van der Waals surface area contributed by atoms with E-state index >= 15 is 0 Å². The normalized spacial score (nSPS) is 33.6. The summed E-state index contributed by atoms with van der Waals surface area (Å²) in [5.41, 5.74) is 0. The van der Waals surface area contributed by atoms with Gasteiger partial charge in [-0.15, -0.1) is 0 Å². The molecule has 1 saturated heterocycles. The third-order valence-corrected chi connectivity index (χ3v) is 2.99. The molecule has 0 aromatic heterocycles. The number of rotatable bonds is 4. The molecule has 0 aliphatic carbocycles. The van der Waals surface area contributed by atoms with Crippen molar-refractivity contribution < 1.29 is 14.4 Å². The molecule has 0 N–H and O–H groups in total. The van der Waals surface area contributed by atoms with E-state index in [9.17, 15) is 14.4 Å². The summed E-state index contributed by atoms with van der Waals surface area (Å²) in [5, 5.41) is 0. The van der Waals surface area contributed by atoms with Crippen LogP contribution < -0.4 is 0 Å². The molecule has 1 aliphatic rings. The van der Waals surface area contributed by atoms with E-state index in [1.807, 2.05) is 6.92 Å². The number of likely N-dealkylation sites (N-methyl/N-ethyl adjacent to an activating group) is 2. The first kappa shape index (κ1) is 12.0. The molecular weight excluding hydrogens is 196 g/mol. The maximum Gasteiger partial charge on any atom is 0.151 e. The smallest absolute Gasteiger partial charge is 0.151 e. The summed E-state index contributed by atoms with van der Waals surface area (Å²) in [7, 11) is 1.72. The van der Waals surface area contributed by atoms with Crippen molar-refractivity contribution in [2.45, 2.75) is 31.6 Å². The minimum absolute atomic E-state index is 0.336. The zero-order valence-corrected chi connectivity index (χ0v) is 9.00. The highest BCUT2D eigenvalue weighted by molar-refractivity contribution is 5.67. The Morgan fingerprint density at radius 3 is 2.13 bits per heavy atom. The van der Waals surface area contributed by atoms with Gasteiger partial charge in [0.2, 0.25) is 0 Å². The van der Waals surface area contributed by atoms with E-state index in [0.717, 1.165) is 18.9 Å². The lowest BCUT2D eigenvalue weighted by molar-refractivity contribution is -0.136. The molecule has 84 valence electrons. The molecule has 0 aromatic rings. The number of carbonyl (C=O) groups excluding carboxylic acids is 3. The maximum absolute atomic E-state index is 10.9. The first-order valence-corrected chi connectivity index (χ1v) is 5.03. The van der Waals surface area contributed by atoms with Crippen LogP contribution in [0.25, 0.3) is 0 Å². The maximum atomic E-state index is 10.9. The highest BCUT2D eigenvalue weighted by Crippen LogP contribution is 2.20. The van der Waals surface area contributed by atoms with E-state index in [0.29, 0.717) is 13.0 Å². The Bertz CT molecular complexity index is 257. The van der Waals surface area contributed by atoms with Crippen LogP contribution in [0.2, 0.25) is 0 Å². The summed E-state index contributed by atoms with van der Waals surface area (Å²) in [6, 6.07) is -0.685. The summed E-state index contributed by atoms with van der Waals surface area (Å²) < 4.78 is 0. The Kier molecular flexibility index (Phi) is 4.11. The van der Waals surface area contributed by atoms with Crippen molar-refractivity contribution in [1.29, 1.82) is 0 Å². The zero-order chi connectivity index (χ0) is 11.4. The van der Waals surface area contributed by atoms with Crippen LogP contribution in [0, 0.1) is 0 Å². The van der Waals surface area contributed by atoms with Gasteiger partial charge in [-0.1, -0.05) is 6.92 Å². The molecular formula is C10H16N2O3. The second-order valence-corrected chi connectivity index (χ2v) is 3.69. The average molecular weight is 212 g/mol. The molecule has 1 fully saturated rings. The summed E-state index contributed by atoms with van der Waals surface area (Å²) in [4.78, 5) is 36.1. The van der Waals surface area contributed by atoms with Gasteiger partial charge in [0.1, 0.15) is 18.7 Å². The van der Waals surface area contributed by atoms with Gasteiger partial charge in [0.25, 0.3) is 0 Å². The number of hydrogen-bond donors (Lipinski definition) is 0. The minimum atomic E-state index is -0.478. The lowest BCUT2D eigenvalue weighted by Crippen LogP contribution is -2.62. The minimum Gasteiger partial charge on any atom is -0.302 e. The van der Waals surface area contributed by atoms with Gasteiger partial charge in [-0.05, 0) is 20.0 Å². The van der Waals surface area contributed by atoms with E-state index in [1.165, 1.54) is 0 Å². The molecule has 3 unspecified atom stereocenters. The molecule has 0 bridgehead atoms. The van der Waals surface area contributed by atoms with Crippen molar-refractivity contribution in [2.75, 3.05) is 13.6 Å². The van der Waals surface area contributed by atoms with Gasteiger partial charge < -0.3 is 14.4 Å². The Hall–Kier alpha value is -1.07. The predicted octanol–water partition coefficient (Wildman–Crippen LogP) is -0.696. The summed E-state index contributed by atoms with van der Waals surface area (Å²) in [6.07, 6.45) is 2.36. The fraction of sp³-hybridized carbons (Fsp3) is 0.700. The van der Waals surface area contributed by atoms with Crippen LogP contribution in [0.15, 0.2) is 0 Å². The van der Waals surface area contributed by atoms with Gasteiger partial charge in [0.15, 0.2) is 6.29 Å². The largest absolute Gasteiger partial charge is 0.302 e. The molecule has 1 heterocycles. The standard InChI is InChI=1S/C10H16N2O3/c1-3-12-9(6-14)4-8(5-13)11(2)10(12)7-15/h5-10H,3-4H2,1-2H3. The van der Waals surface area contributed by atoms with E-state index < -0.39 is 6.17 Å². The van der Waals surface area contributed by atoms with E-state index in [1.54, 1.807) is 16.8 Å². The molecule has 0 saturated carbocycles. The monoisotopic (exact) mass is 212 g/mol.